The van der Waals surface area contributed by atoms with Crippen LogP contribution in [0.4, 0.5) is 19.0 Å². The number of halogens is 4. The summed E-state index contributed by atoms with van der Waals surface area (Å²) in [6.45, 7) is 4.65. The van der Waals surface area contributed by atoms with E-state index < -0.39 is 11.7 Å². The maximum atomic E-state index is 12.7. The Kier molecular flexibility index (Phi) is 7.64. The first kappa shape index (κ1) is 23.2. The van der Waals surface area contributed by atoms with Crippen LogP contribution in [0.25, 0.3) is 0 Å². The predicted molar refractivity (Wildman–Crippen MR) is 114 cm³/mol. The lowest BCUT2D eigenvalue weighted by molar-refractivity contribution is -0.137. The van der Waals surface area contributed by atoms with Crippen molar-refractivity contribution in [1.29, 1.82) is 0 Å². The minimum absolute atomic E-state index is 0.0543. The highest BCUT2D eigenvalue weighted by atomic mass is 35.5. The number of nitrogens with zero attached hydrogens (tertiary/aromatic N) is 3. The van der Waals surface area contributed by atoms with Crippen molar-refractivity contribution < 1.29 is 22.7 Å². The van der Waals surface area contributed by atoms with Gasteiger partial charge in [-0.25, -0.2) is 4.98 Å². The van der Waals surface area contributed by atoms with Crippen LogP contribution in [0.3, 0.4) is 0 Å². The summed E-state index contributed by atoms with van der Waals surface area (Å²) in [4.78, 5) is 20.2. The summed E-state index contributed by atoms with van der Waals surface area (Å²) in [5.74, 6) is 1.30. The highest BCUT2D eigenvalue weighted by molar-refractivity contribution is 6.30. The van der Waals surface area contributed by atoms with E-state index in [1.807, 2.05) is 24.0 Å². The molecule has 3 rings (SSSR count). The molecule has 9 heteroatoms. The maximum Gasteiger partial charge on any atom is 0.417 e. The number of carbonyl (C=O) groups is 1. The molecule has 2 aromatic rings. The van der Waals surface area contributed by atoms with Crippen LogP contribution in [0.2, 0.25) is 5.02 Å². The molecule has 0 saturated carbocycles. The Morgan fingerprint density at radius 3 is 2.65 bits per heavy atom. The van der Waals surface area contributed by atoms with Crippen LogP contribution in [0.1, 0.15) is 30.4 Å². The molecule has 1 aromatic heterocycles. The number of amides is 1. The van der Waals surface area contributed by atoms with Gasteiger partial charge in [-0.1, -0.05) is 11.6 Å². The van der Waals surface area contributed by atoms with Crippen molar-refractivity contribution in [1.82, 2.24) is 9.88 Å². The Morgan fingerprint density at radius 2 is 1.97 bits per heavy atom. The van der Waals surface area contributed by atoms with Gasteiger partial charge in [0, 0.05) is 43.8 Å². The number of hydrogen-bond acceptors (Lipinski definition) is 4. The Bertz CT molecular complexity index is 891. The standard InChI is InChI=1S/C22H25ClF3N3O2/c1-16-14-18(23)6-7-19(16)31-13-2-4-21(30)29-10-3-9-28(11-12-29)20-8-5-17(15-27-20)22(24,25)26/h5-8,14-15H,2-4,9-13H2,1H3. The number of hydrogen-bond donors (Lipinski definition) is 0. The second-order valence-electron chi connectivity index (χ2n) is 7.49. The molecular weight excluding hydrogens is 431 g/mol. The van der Waals surface area contributed by atoms with Gasteiger partial charge in [0.15, 0.2) is 0 Å². The van der Waals surface area contributed by atoms with Gasteiger partial charge in [-0.2, -0.15) is 13.2 Å². The second-order valence-corrected chi connectivity index (χ2v) is 7.92. The smallest absolute Gasteiger partial charge is 0.417 e. The van der Waals surface area contributed by atoms with Gasteiger partial charge >= 0.3 is 6.18 Å². The number of pyridine rings is 1. The second kappa shape index (κ2) is 10.2. The van der Waals surface area contributed by atoms with Gasteiger partial charge in [0.25, 0.3) is 0 Å². The van der Waals surface area contributed by atoms with Gasteiger partial charge < -0.3 is 14.5 Å². The Hall–Kier alpha value is -2.48. The molecule has 1 fully saturated rings. The van der Waals surface area contributed by atoms with Gasteiger partial charge in [0.05, 0.1) is 12.2 Å². The maximum absolute atomic E-state index is 12.7. The van der Waals surface area contributed by atoms with Gasteiger partial charge in [-0.05, 0) is 55.7 Å². The van der Waals surface area contributed by atoms with Crippen LogP contribution in [-0.4, -0.2) is 48.6 Å². The molecule has 0 bridgehead atoms. The van der Waals surface area contributed by atoms with Crippen LogP contribution in [-0.2, 0) is 11.0 Å². The number of anilines is 1. The van der Waals surface area contributed by atoms with Crippen molar-refractivity contribution in [2.24, 2.45) is 0 Å². The first-order chi connectivity index (χ1) is 14.7. The van der Waals surface area contributed by atoms with Crippen molar-refractivity contribution in [2.45, 2.75) is 32.4 Å². The summed E-state index contributed by atoms with van der Waals surface area (Å²) in [6, 6.07) is 7.84. The number of benzene rings is 1. The van der Waals surface area contributed by atoms with Crippen LogP contribution in [0.5, 0.6) is 5.75 Å². The van der Waals surface area contributed by atoms with Crippen molar-refractivity contribution >= 4 is 23.3 Å². The Labute approximate surface area is 184 Å². The predicted octanol–water partition coefficient (Wildman–Crippen LogP) is 4.96. The van der Waals surface area contributed by atoms with E-state index in [1.54, 1.807) is 11.0 Å². The molecule has 1 aliphatic heterocycles. The normalized spacial score (nSPS) is 15.0. The molecule has 1 aromatic carbocycles. The molecule has 0 aliphatic carbocycles. The lowest BCUT2D eigenvalue weighted by Gasteiger charge is -2.23. The average Bonchev–Trinajstić information content (AvgIpc) is 2.98. The van der Waals surface area contributed by atoms with E-state index >= 15 is 0 Å². The van der Waals surface area contributed by atoms with E-state index in [0.717, 1.165) is 30.0 Å². The minimum Gasteiger partial charge on any atom is -0.493 e. The number of aryl methyl sites for hydroxylation is 1. The molecule has 31 heavy (non-hydrogen) atoms. The van der Waals surface area contributed by atoms with Crippen molar-refractivity contribution in [2.75, 3.05) is 37.7 Å². The molecule has 1 saturated heterocycles. The van der Waals surface area contributed by atoms with E-state index in [2.05, 4.69) is 4.98 Å². The third kappa shape index (κ3) is 6.50. The average molecular weight is 456 g/mol. The molecule has 1 amide bonds. The summed E-state index contributed by atoms with van der Waals surface area (Å²) >= 11 is 5.94. The van der Waals surface area contributed by atoms with Crippen LogP contribution >= 0.6 is 11.6 Å². The van der Waals surface area contributed by atoms with Crippen LogP contribution in [0.15, 0.2) is 36.5 Å². The van der Waals surface area contributed by atoms with E-state index in [-0.39, 0.29) is 5.91 Å². The zero-order valence-electron chi connectivity index (χ0n) is 17.3. The van der Waals surface area contributed by atoms with Crippen molar-refractivity contribution in [3.63, 3.8) is 0 Å². The van der Waals surface area contributed by atoms with Gasteiger partial charge in [-0.3, -0.25) is 4.79 Å². The minimum atomic E-state index is -4.40. The zero-order chi connectivity index (χ0) is 22.4. The number of carbonyl (C=O) groups excluding carboxylic acids is 1. The molecule has 168 valence electrons. The zero-order valence-corrected chi connectivity index (χ0v) is 18.0. The molecule has 2 heterocycles. The molecule has 0 radical (unpaired) electrons. The number of aromatic nitrogens is 1. The SMILES string of the molecule is Cc1cc(Cl)ccc1OCCCC(=O)N1CCCN(c2ccc(C(F)(F)F)cn2)CC1. The highest BCUT2D eigenvalue weighted by Crippen LogP contribution is 2.29. The highest BCUT2D eigenvalue weighted by Gasteiger charge is 2.31. The number of ether oxygens (including phenoxy) is 1. The van der Waals surface area contributed by atoms with Gasteiger partial charge in [0.2, 0.25) is 5.91 Å². The van der Waals surface area contributed by atoms with Crippen LogP contribution < -0.4 is 9.64 Å². The van der Waals surface area contributed by atoms with Crippen molar-refractivity contribution in [3.05, 3.63) is 52.7 Å². The van der Waals surface area contributed by atoms with Gasteiger partial charge in [0.1, 0.15) is 11.6 Å². The molecule has 0 atom stereocenters. The van der Waals surface area contributed by atoms with E-state index in [1.165, 1.54) is 6.07 Å². The van der Waals surface area contributed by atoms with E-state index in [9.17, 15) is 18.0 Å². The number of rotatable bonds is 6. The molecule has 0 N–H and O–H groups in total. The van der Waals surface area contributed by atoms with E-state index in [4.69, 9.17) is 16.3 Å². The Morgan fingerprint density at radius 1 is 1.16 bits per heavy atom. The summed E-state index contributed by atoms with van der Waals surface area (Å²) < 4.78 is 43.9. The molecule has 1 aliphatic rings. The monoisotopic (exact) mass is 455 g/mol. The topological polar surface area (TPSA) is 45.7 Å². The third-order valence-corrected chi connectivity index (χ3v) is 5.41. The quantitative estimate of drug-likeness (QED) is 0.577. The lowest BCUT2D eigenvalue weighted by Crippen LogP contribution is -2.35. The first-order valence-corrected chi connectivity index (χ1v) is 10.6. The third-order valence-electron chi connectivity index (χ3n) is 5.18. The Balaban J connectivity index is 1.45. The number of alkyl halides is 3. The molecule has 5 nitrogen and oxygen atoms in total. The summed E-state index contributed by atoms with van der Waals surface area (Å²) in [5, 5.41) is 0.654. The summed E-state index contributed by atoms with van der Waals surface area (Å²) in [7, 11) is 0. The fraction of sp³-hybridized carbons (Fsp3) is 0.455. The van der Waals surface area contributed by atoms with Crippen LogP contribution in [0, 0.1) is 6.92 Å². The fourth-order valence-electron chi connectivity index (χ4n) is 3.48. The fourth-order valence-corrected chi connectivity index (χ4v) is 3.70. The molecule has 0 unspecified atom stereocenters. The van der Waals surface area contributed by atoms with E-state index in [0.29, 0.717) is 56.5 Å². The lowest BCUT2D eigenvalue weighted by atomic mass is 10.2. The molecule has 0 spiro atoms. The first-order valence-electron chi connectivity index (χ1n) is 10.2. The summed E-state index contributed by atoms with van der Waals surface area (Å²) in [5.41, 5.74) is 0.183. The summed E-state index contributed by atoms with van der Waals surface area (Å²) in [6.07, 6.45) is -1.84. The molecular formula is C22H25ClF3N3O2. The largest absolute Gasteiger partial charge is 0.493 e. The van der Waals surface area contributed by atoms with Gasteiger partial charge in [-0.15, -0.1) is 0 Å². The van der Waals surface area contributed by atoms with Crippen molar-refractivity contribution in [3.8, 4) is 5.75 Å².